The van der Waals surface area contributed by atoms with Gasteiger partial charge in [0.1, 0.15) is 30.1 Å². The van der Waals surface area contributed by atoms with Crippen molar-refractivity contribution < 1.29 is 30.0 Å². The number of aliphatic hydroxyl groups is 4. The van der Waals surface area contributed by atoms with Crippen LogP contribution in [-0.4, -0.2) is 72.3 Å². The van der Waals surface area contributed by atoms with Crippen LogP contribution in [0.15, 0.2) is 18.9 Å². The molecule has 2 heterocycles. The molecule has 1 aliphatic heterocycles. The van der Waals surface area contributed by atoms with Gasteiger partial charge in [0.15, 0.2) is 6.23 Å². The Morgan fingerprint density at radius 2 is 2.14 bits per heavy atom. The molecular formula is C12H18N4O6. The minimum absolute atomic E-state index is 0.0995. The minimum atomic E-state index is -1.50. The number of ether oxygens (including phenoxy) is 1. The number of amides is 1. The first-order chi connectivity index (χ1) is 10.5. The minimum Gasteiger partial charge on any atom is -0.394 e. The number of nitrogens with one attached hydrogen (secondary N) is 1. The number of rotatable bonds is 5. The van der Waals surface area contributed by atoms with Gasteiger partial charge in [-0.25, -0.2) is 4.68 Å². The molecule has 0 bridgehead atoms. The SMILES string of the molecule is C=CC(=O)NCc1cn([C@@H]2O[C@H](CO)[C@H](O)[C@H](O)[C@H]2O)nn1. The normalized spacial score (nSPS) is 31.7. The zero-order chi connectivity index (χ0) is 16.3. The van der Waals surface area contributed by atoms with Crippen molar-refractivity contribution in [2.45, 2.75) is 37.2 Å². The molecule has 10 nitrogen and oxygen atoms in total. The van der Waals surface area contributed by atoms with Crippen molar-refractivity contribution in [2.75, 3.05) is 6.61 Å². The van der Waals surface area contributed by atoms with Crippen LogP contribution in [0.25, 0.3) is 0 Å². The highest BCUT2D eigenvalue weighted by Crippen LogP contribution is 2.27. The lowest BCUT2D eigenvalue weighted by Crippen LogP contribution is -2.56. The van der Waals surface area contributed by atoms with Gasteiger partial charge in [-0.2, -0.15) is 0 Å². The number of carbonyl (C=O) groups excluding carboxylic acids is 1. The molecule has 5 atom stereocenters. The summed E-state index contributed by atoms with van der Waals surface area (Å²) in [5.74, 6) is -0.373. The van der Waals surface area contributed by atoms with Crippen LogP contribution in [0.3, 0.4) is 0 Å². The molecule has 5 N–H and O–H groups in total. The lowest BCUT2D eigenvalue weighted by atomic mass is 9.98. The summed E-state index contributed by atoms with van der Waals surface area (Å²) >= 11 is 0. The zero-order valence-corrected chi connectivity index (χ0v) is 11.6. The molecule has 0 spiro atoms. The van der Waals surface area contributed by atoms with Crippen molar-refractivity contribution in [3.05, 3.63) is 24.5 Å². The summed E-state index contributed by atoms with van der Waals surface area (Å²) in [7, 11) is 0. The van der Waals surface area contributed by atoms with Gasteiger partial charge in [0.05, 0.1) is 19.3 Å². The second-order valence-electron chi connectivity index (χ2n) is 4.83. The Balaban J connectivity index is 2.08. The second kappa shape index (κ2) is 6.94. The molecule has 1 aromatic rings. The zero-order valence-electron chi connectivity index (χ0n) is 11.6. The molecule has 2 rings (SSSR count). The van der Waals surface area contributed by atoms with Gasteiger partial charge in [-0.3, -0.25) is 4.79 Å². The van der Waals surface area contributed by atoms with Crippen LogP contribution in [0.2, 0.25) is 0 Å². The summed E-state index contributed by atoms with van der Waals surface area (Å²) in [5.41, 5.74) is 0.396. The van der Waals surface area contributed by atoms with E-state index in [-0.39, 0.29) is 12.5 Å². The number of hydrogen-bond acceptors (Lipinski definition) is 8. The van der Waals surface area contributed by atoms with E-state index in [1.54, 1.807) is 0 Å². The largest absolute Gasteiger partial charge is 0.394 e. The maximum atomic E-state index is 11.1. The highest BCUT2D eigenvalue weighted by atomic mass is 16.6. The highest BCUT2D eigenvalue weighted by Gasteiger charge is 2.44. The molecule has 1 amide bonds. The molecular weight excluding hydrogens is 296 g/mol. The third-order valence-corrected chi connectivity index (χ3v) is 3.31. The van der Waals surface area contributed by atoms with Gasteiger partial charge in [0, 0.05) is 0 Å². The third-order valence-electron chi connectivity index (χ3n) is 3.31. The van der Waals surface area contributed by atoms with Crippen molar-refractivity contribution in [2.24, 2.45) is 0 Å². The molecule has 122 valence electrons. The molecule has 1 aromatic heterocycles. The monoisotopic (exact) mass is 314 g/mol. The van der Waals surface area contributed by atoms with E-state index in [1.165, 1.54) is 6.20 Å². The van der Waals surface area contributed by atoms with E-state index in [2.05, 4.69) is 22.2 Å². The van der Waals surface area contributed by atoms with Crippen LogP contribution < -0.4 is 5.32 Å². The predicted octanol–water partition coefficient (Wildman–Crippen LogP) is -2.95. The van der Waals surface area contributed by atoms with Crippen LogP contribution >= 0.6 is 0 Å². The first-order valence-electron chi connectivity index (χ1n) is 6.59. The average Bonchev–Trinajstić information content (AvgIpc) is 2.99. The average molecular weight is 314 g/mol. The van der Waals surface area contributed by atoms with Crippen LogP contribution in [-0.2, 0) is 16.1 Å². The lowest BCUT2D eigenvalue weighted by Gasteiger charge is -2.39. The maximum Gasteiger partial charge on any atom is 0.243 e. The van der Waals surface area contributed by atoms with Gasteiger partial charge in [0.25, 0.3) is 0 Å². The van der Waals surface area contributed by atoms with Gasteiger partial charge in [-0.15, -0.1) is 5.10 Å². The highest BCUT2D eigenvalue weighted by molar-refractivity contribution is 5.86. The molecule has 22 heavy (non-hydrogen) atoms. The van der Waals surface area contributed by atoms with Crippen LogP contribution in [0.4, 0.5) is 0 Å². The molecule has 0 aromatic carbocycles. The Labute approximate surface area is 125 Å². The molecule has 1 fully saturated rings. The maximum absolute atomic E-state index is 11.1. The van der Waals surface area contributed by atoms with E-state index in [1.807, 2.05) is 0 Å². The summed E-state index contributed by atoms with van der Waals surface area (Å²) in [5, 5.41) is 48.6. The van der Waals surface area contributed by atoms with Crippen LogP contribution in [0, 0.1) is 0 Å². The van der Waals surface area contributed by atoms with Crippen molar-refractivity contribution >= 4 is 5.91 Å². The van der Waals surface area contributed by atoms with E-state index >= 15 is 0 Å². The molecule has 10 heteroatoms. The Morgan fingerprint density at radius 1 is 1.41 bits per heavy atom. The summed E-state index contributed by atoms with van der Waals surface area (Å²) < 4.78 is 6.47. The quantitative estimate of drug-likeness (QED) is 0.362. The van der Waals surface area contributed by atoms with Crippen molar-refractivity contribution in [3.8, 4) is 0 Å². The summed E-state index contributed by atoms with van der Waals surface area (Å²) in [6, 6.07) is 0. The first-order valence-corrected chi connectivity index (χ1v) is 6.59. The fraction of sp³-hybridized carbons (Fsp3) is 0.583. The predicted molar refractivity (Wildman–Crippen MR) is 71.1 cm³/mol. The molecule has 1 aliphatic rings. The van der Waals surface area contributed by atoms with Crippen molar-refractivity contribution in [3.63, 3.8) is 0 Å². The van der Waals surface area contributed by atoms with Gasteiger partial charge in [-0.1, -0.05) is 11.8 Å². The van der Waals surface area contributed by atoms with Crippen LogP contribution in [0.5, 0.6) is 0 Å². The molecule has 0 unspecified atom stereocenters. The summed E-state index contributed by atoms with van der Waals surface area (Å²) in [6.45, 7) is 2.88. The first kappa shape index (κ1) is 16.5. The fourth-order valence-electron chi connectivity index (χ4n) is 2.07. The Kier molecular flexibility index (Phi) is 5.21. The van der Waals surface area contributed by atoms with Crippen molar-refractivity contribution in [1.82, 2.24) is 20.3 Å². The second-order valence-corrected chi connectivity index (χ2v) is 4.83. The van der Waals surface area contributed by atoms with E-state index < -0.39 is 37.3 Å². The topological polar surface area (TPSA) is 150 Å². The molecule has 0 aliphatic carbocycles. The van der Waals surface area contributed by atoms with Crippen LogP contribution in [0.1, 0.15) is 11.9 Å². The summed E-state index contributed by atoms with van der Waals surface area (Å²) in [6.07, 6.45) is -4.01. The van der Waals surface area contributed by atoms with Gasteiger partial charge < -0.3 is 30.5 Å². The van der Waals surface area contributed by atoms with E-state index in [0.717, 1.165) is 10.8 Å². The third kappa shape index (κ3) is 3.31. The smallest absolute Gasteiger partial charge is 0.243 e. The Bertz CT molecular complexity index is 533. The van der Waals surface area contributed by atoms with Crippen molar-refractivity contribution in [1.29, 1.82) is 0 Å². The fourth-order valence-corrected chi connectivity index (χ4v) is 2.07. The Hall–Kier alpha value is -1.85. The standard InChI is InChI=1S/C12H18N4O6/c1-2-8(18)13-3-6-4-16(15-14-6)12-11(21)10(20)9(19)7(5-17)22-12/h2,4,7,9-12,17,19-21H,1,3,5H2,(H,13,18)/t7-,9+,10+,11-,12-/m1/s1. The number of carbonyl (C=O) groups is 1. The number of nitrogens with zero attached hydrogens (tertiary/aromatic N) is 3. The van der Waals surface area contributed by atoms with Gasteiger partial charge >= 0.3 is 0 Å². The number of hydrogen-bond donors (Lipinski definition) is 5. The molecule has 1 saturated heterocycles. The Morgan fingerprint density at radius 3 is 2.77 bits per heavy atom. The number of aromatic nitrogens is 3. The lowest BCUT2D eigenvalue weighted by molar-refractivity contribution is -0.254. The summed E-state index contributed by atoms with van der Waals surface area (Å²) in [4.78, 5) is 11.1. The van der Waals surface area contributed by atoms with E-state index in [9.17, 15) is 20.1 Å². The van der Waals surface area contributed by atoms with E-state index in [4.69, 9.17) is 9.84 Å². The van der Waals surface area contributed by atoms with E-state index in [0.29, 0.717) is 5.69 Å². The van der Waals surface area contributed by atoms with Gasteiger partial charge in [0.2, 0.25) is 5.91 Å². The number of aliphatic hydroxyl groups excluding tert-OH is 4. The molecule has 0 saturated carbocycles. The molecule has 0 radical (unpaired) electrons. The van der Waals surface area contributed by atoms with Gasteiger partial charge in [-0.05, 0) is 6.08 Å².